The quantitative estimate of drug-likeness (QED) is 0.753. The second-order valence-corrected chi connectivity index (χ2v) is 8.59. The summed E-state index contributed by atoms with van der Waals surface area (Å²) in [6, 6.07) is 5.17. The van der Waals surface area contributed by atoms with Crippen LogP contribution < -0.4 is 14.8 Å². The van der Waals surface area contributed by atoms with E-state index in [9.17, 15) is 9.90 Å². The van der Waals surface area contributed by atoms with Crippen molar-refractivity contribution in [3.8, 4) is 11.5 Å². The normalized spacial score (nSPS) is 19.8. The number of rotatable bonds is 6. The number of hydrogen-bond acceptors (Lipinski definition) is 7. The van der Waals surface area contributed by atoms with Gasteiger partial charge in [-0.05, 0) is 30.4 Å². The van der Waals surface area contributed by atoms with Crippen LogP contribution in [0.15, 0.2) is 29.5 Å². The number of hydrogen-bond donors (Lipinski definition) is 2. The number of aromatic nitrogens is 3. The van der Waals surface area contributed by atoms with E-state index in [1.165, 1.54) is 0 Å². The molecular weight excluding hydrogens is 384 g/mol. The number of allylic oxidation sites excluding steroid dienone is 2. The number of nitrogens with zero attached hydrogens (tertiary/aromatic N) is 3. The van der Waals surface area contributed by atoms with Gasteiger partial charge in [-0.15, -0.1) is 0 Å². The summed E-state index contributed by atoms with van der Waals surface area (Å²) in [4.78, 5) is 17.9. The number of carbonyl (C=O) groups excluding carboxylic acids is 1. The molecule has 8 nitrogen and oxygen atoms in total. The number of carbonyl (C=O) groups is 1. The van der Waals surface area contributed by atoms with Gasteiger partial charge in [-0.2, -0.15) is 10.1 Å². The number of ketones is 1. The molecule has 0 radical (unpaired) electrons. The third-order valence-electron chi connectivity index (χ3n) is 5.67. The monoisotopic (exact) mass is 412 g/mol. The second kappa shape index (κ2) is 7.75. The molecule has 1 atom stereocenters. The van der Waals surface area contributed by atoms with Crippen LogP contribution in [-0.2, 0) is 11.2 Å². The lowest BCUT2D eigenvalue weighted by Gasteiger charge is -2.38. The van der Waals surface area contributed by atoms with Gasteiger partial charge in [-0.1, -0.05) is 13.8 Å². The predicted molar refractivity (Wildman–Crippen MR) is 112 cm³/mol. The molecule has 1 aromatic heterocycles. The average Bonchev–Trinajstić information content (AvgIpc) is 3.11. The molecule has 8 heteroatoms. The van der Waals surface area contributed by atoms with E-state index in [-0.39, 0.29) is 17.8 Å². The number of anilines is 1. The Morgan fingerprint density at radius 3 is 2.77 bits per heavy atom. The van der Waals surface area contributed by atoms with Crippen molar-refractivity contribution < 1.29 is 19.4 Å². The number of nitrogens with one attached hydrogen (secondary N) is 1. The van der Waals surface area contributed by atoms with E-state index in [2.05, 4.69) is 29.2 Å². The highest BCUT2D eigenvalue weighted by Crippen LogP contribution is 2.47. The average molecular weight is 412 g/mol. The summed E-state index contributed by atoms with van der Waals surface area (Å²) in [5.74, 6) is 2.65. The summed E-state index contributed by atoms with van der Waals surface area (Å²) >= 11 is 0. The van der Waals surface area contributed by atoms with Gasteiger partial charge in [0.1, 0.15) is 17.5 Å². The first-order chi connectivity index (χ1) is 14.4. The molecule has 0 bridgehead atoms. The minimum atomic E-state index is -0.434. The SMILES string of the molecule is COc1ccc(C2C3=C(CC(C)(C)CC3=O)Nc3nc(CCCO)nn32)c(OC)c1. The summed E-state index contributed by atoms with van der Waals surface area (Å²) in [6.07, 6.45) is 2.37. The number of fused-ring (bicyclic) bond motifs is 1. The van der Waals surface area contributed by atoms with Gasteiger partial charge in [0.2, 0.25) is 5.95 Å². The lowest BCUT2D eigenvalue weighted by atomic mass is 9.73. The number of aliphatic hydroxyl groups excluding tert-OH is 1. The molecule has 0 saturated heterocycles. The summed E-state index contributed by atoms with van der Waals surface area (Å²) < 4.78 is 12.8. The molecule has 0 spiro atoms. The highest BCUT2D eigenvalue weighted by molar-refractivity contribution is 6.00. The summed E-state index contributed by atoms with van der Waals surface area (Å²) in [6.45, 7) is 4.28. The number of benzene rings is 1. The maximum Gasteiger partial charge on any atom is 0.226 e. The summed E-state index contributed by atoms with van der Waals surface area (Å²) in [5, 5.41) is 17.2. The molecule has 4 rings (SSSR count). The van der Waals surface area contributed by atoms with E-state index >= 15 is 0 Å². The van der Waals surface area contributed by atoms with Crippen molar-refractivity contribution in [2.45, 2.75) is 45.6 Å². The fourth-order valence-electron chi connectivity index (χ4n) is 4.33. The van der Waals surface area contributed by atoms with Gasteiger partial charge < -0.3 is 19.9 Å². The third-order valence-corrected chi connectivity index (χ3v) is 5.67. The van der Waals surface area contributed by atoms with Crippen LogP contribution in [0, 0.1) is 5.41 Å². The standard InChI is InChI=1S/C22H28N4O4/c1-22(2)11-15-19(16(28)12-22)20(14-8-7-13(29-3)10-17(14)30-4)26-21(23-15)24-18(25-26)6-5-9-27/h7-8,10,20,27H,5-6,9,11-12H2,1-4H3,(H,23,24,25). The Balaban J connectivity index is 1.88. The van der Waals surface area contributed by atoms with Crippen LogP contribution in [0.5, 0.6) is 11.5 Å². The summed E-state index contributed by atoms with van der Waals surface area (Å²) in [5.41, 5.74) is 2.32. The molecule has 2 heterocycles. The Kier molecular flexibility index (Phi) is 5.27. The Hall–Kier alpha value is -2.87. The lowest BCUT2D eigenvalue weighted by Crippen LogP contribution is -2.36. The predicted octanol–water partition coefficient (Wildman–Crippen LogP) is 2.88. The van der Waals surface area contributed by atoms with Gasteiger partial charge in [-0.25, -0.2) is 4.68 Å². The molecule has 1 aromatic carbocycles. The molecule has 2 aliphatic rings. The zero-order chi connectivity index (χ0) is 21.5. The van der Waals surface area contributed by atoms with E-state index in [1.807, 2.05) is 18.2 Å². The van der Waals surface area contributed by atoms with Gasteiger partial charge in [0.15, 0.2) is 11.6 Å². The molecular formula is C22H28N4O4. The minimum Gasteiger partial charge on any atom is -0.497 e. The van der Waals surface area contributed by atoms with E-state index in [1.54, 1.807) is 18.9 Å². The zero-order valence-corrected chi connectivity index (χ0v) is 17.9. The van der Waals surface area contributed by atoms with Crippen LogP contribution in [-0.4, -0.2) is 46.5 Å². The fraction of sp³-hybridized carbons (Fsp3) is 0.500. The van der Waals surface area contributed by atoms with Crippen LogP contribution in [0.1, 0.15) is 50.5 Å². The van der Waals surface area contributed by atoms with Crippen molar-refractivity contribution in [3.05, 3.63) is 40.9 Å². The highest BCUT2D eigenvalue weighted by atomic mass is 16.5. The largest absolute Gasteiger partial charge is 0.497 e. The van der Waals surface area contributed by atoms with Gasteiger partial charge in [0.05, 0.1) is 14.2 Å². The van der Waals surface area contributed by atoms with Crippen molar-refractivity contribution in [2.24, 2.45) is 5.41 Å². The molecule has 30 heavy (non-hydrogen) atoms. The van der Waals surface area contributed by atoms with Crippen LogP contribution in [0.25, 0.3) is 0 Å². The third kappa shape index (κ3) is 3.56. The molecule has 1 aliphatic carbocycles. The Morgan fingerprint density at radius 2 is 2.07 bits per heavy atom. The van der Waals surface area contributed by atoms with Crippen molar-refractivity contribution in [1.29, 1.82) is 0 Å². The number of ether oxygens (including phenoxy) is 2. The molecule has 0 fully saturated rings. The number of aliphatic hydroxyl groups is 1. The smallest absolute Gasteiger partial charge is 0.226 e. The highest BCUT2D eigenvalue weighted by Gasteiger charge is 2.42. The molecule has 1 unspecified atom stereocenters. The fourth-order valence-corrected chi connectivity index (χ4v) is 4.33. The molecule has 160 valence electrons. The van der Waals surface area contributed by atoms with Crippen molar-refractivity contribution in [1.82, 2.24) is 14.8 Å². The topological polar surface area (TPSA) is 98.5 Å². The maximum absolute atomic E-state index is 13.3. The van der Waals surface area contributed by atoms with Crippen LogP contribution in [0.3, 0.4) is 0 Å². The Morgan fingerprint density at radius 1 is 1.27 bits per heavy atom. The van der Waals surface area contributed by atoms with Gasteiger partial charge >= 0.3 is 0 Å². The molecule has 2 aromatic rings. The van der Waals surface area contributed by atoms with E-state index in [0.29, 0.717) is 48.1 Å². The summed E-state index contributed by atoms with van der Waals surface area (Å²) in [7, 11) is 3.21. The van der Waals surface area contributed by atoms with Gasteiger partial charge in [-0.3, -0.25) is 4.79 Å². The first kappa shape index (κ1) is 20.4. The zero-order valence-electron chi connectivity index (χ0n) is 17.9. The van der Waals surface area contributed by atoms with Gasteiger partial charge in [0, 0.05) is 42.3 Å². The molecule has 0 saturated carbocycles. The van der Waals surface area contributed by atoms with Crippen LogP contribution >= 0.6 is 0 Å². The Bertz CT molecular complexity index is 1010. The van der Waals surface area contributed by atoms with Crippen LogP contribution in [0.2, 0.25) is 0 Å². The molecule has 1 aliphatic heterocycles. The van der Waals surface area contributed by atoms with Crippen molar-refractivity contribution in [3.63, 3.8) is 0 Å². The Labute approximate surface area is 175 Å². The van der Waals surface area contributed by atoms with Crippen LogP contribution in [0.4, 0.5) is 5.95 Å². The second-order valence-electron chi connectivity index (χ2n) is 8.59. The maximum atomic E-state index is 13.3. The lowest BCUT2D eigenvalue weighted by molar-refractivity contribution is -0.118. The minimum absolute atomic E-state index is 0.0778. The van der Waals surface area contributed by atoms with Gasteiger partial charge in [0.25, 0.3) is 0 Å². The van der Waals surface area contributed by atoms with Crippen molar-refractivity contribution in [2.75, 3.05) is 26.1 Å². The van der Waals surface area contributed by atoms with E-state index < -0.39 is 6.04 Å². The first-order valence-electron chi connectivity index (χ1n) is 10.2. The number of methoxy groups -OCH3 is 2. The van der Waals surface area contributed by atoms with E-state index in [4.69, 9.17) is 9.47 Å². The number of Topliss-reactive ketones (excluding diaryl/α,β-unsaturated/α-hetero) is 1. The van der Waals surface area contributed by atoms with Crippen molar-refractivity contribution >= 4 is 11.7 Å². The molecule has 0 amide bonds. The van der Waals surface area contributed by atoms with E-state index in [0.717, 1.165) is 17.7 Å². The first-order valence-corrected chi connectivity index (χ1v) is 10.2. The molecule has 2 N–H and O–H groups in total. The number of aryl methyl sites for hydroxylation is 1.